The maximum atomic E-state index is 7.07. The smallest absolute Gasteiger partial charge is 0.0905 e. The van der Waals surface area contributed by atoms with Crippen molar-refractivity contribution in [3.63, 3.8) is 0 Å². The number of rotatable bonds is 9. The molecule has 17 heavy (non-hydrogen) atoms. The number of ether oxygens (including phenoxy) is 1. The second kappa shape index (κ2) is 8.70. The van der Waals surface area contributed by atoms with Crippen molar-refractivity contribution < 1.29 is 4.74 Å². The zero-order chi connectivity index (χ0) is 12.3. The first-order valence-corrected chi connectivity index (χ1v) is 6.08. The van der Waals surface area contributed by atoms with Gasteiger partial charge in [-0.3, -0.25) is 10.4 Å². The van der Waals surface area contributed by atoms with E-state index in [-0.39, 0.29) is 5.84 Å². The fourth-order valence-corrected chi connectivity index (χ4v) is 1.55. The Balaban J connectivity index is 1.90. The lowest BCUT2D eigenvalue weighted by Crippen LogP contribution is -2.09. The van der Waals surface area contributed by atoms with Gasteiger partial charge in [-0.05, 0) is 43.4 Å². The van der Waals surface area contributed by atoms with Gasteiger partial charge < -0.3 is 10.5 Å². The number of aromatic nitrogens is 1. The van der Waals surface area contributed by atoms with Crippen LogP contribution in [0.5, 0.6) is 0 Å². The molecule has 0 fully saturated rings. The van der Waals surface area contributed by atoms with E-state index in [0.717, 1.165) is 38.9 Å². The molecule has 1 aromatic rings. The van der Waals surface area contributed by atoms with Crippen LogP contribution in [0.15, 0.2) is 24.5 Å². The molecule has 0 atom stereocenters. The van der Waals surface area contributed by atoms with E-state index in [2.05, 4.69) is 4.98 Å². The predicted octanol–water partition coefficient (Wildman–Crippen LogP) is 2.14. The van der Waals surface area contributed by atoms with Gasteiger partial charge >= 0.3 is 0 Å². The fourth-order valence-electron chi connectivity index (χ4n) is 1.55. The van der Waals surface area contributed by atoms with E-state index in [1.807, 2.05) is 24.5 Å². The minimum Gasteiger partial charge on any atom is -0.388 e. The number of pyridine rings is 1. The van der Waals surface area contributed by atoms with E-state index >= 15 is 0 Å². The molecular formula is C13H21N3O. The van der Waals surface area contributed by atoms with Crippen LogP contribution in [0, 0.1) is 5.41 Å². The molecule has 0 amide bonds. The zero-order valence-corrected chi connectivity index (χ0v) is 10.2. The maximum Gasteiger partial charge on any atom is 0.0905 e. The number of nitrogens with one attached hydrogen (secondary N) is 1. The monoisotopic (exact) mass is 235 g/mol. The summed E-state index contributed by atoms with van der Waals surface area (Å²) in [4.78, 5) is 3.98. The van der Waals surface area contributed by atoms with Gasteiger partial charge in [-0.1, -0.05) is 0 Å². The van der Waals surface area contributed by atoms with Crippen LogP contribution >= 0.6 is 0 Å². The second-order valence-electron chi connectivity index (χ2n) is 4.05. The number of hydrogen-bond acceptors (Lipinski definition) is 3. The van der Waals surface area contributed by atoms with Crippen LogP contribution in [0.2, 0.25) is 0 Å². The fraction of sp³-hybridized carbons (Fsp3) is 0.538. The Morgan fingerprint density at radius 1 is 1.18 bits per heavy atom. The summed E-state index contributed by atoms with van der Waals surface area (Å²) in [6.45, 7) is 1.56. The second-order valence-corrected chi connectivity index (χ2v) is 4.05. The third kappa shape index (κ3) is 7.47. The van der Waals surface area contributed by atoms with Crippen molar-refractivity contribution in [3.8, 4) is 0 Å². The predicted molar refractivity (Wildman–Crippen MR) is 69.1 cm³/mol. The largest absolute Gasteiger partial charge is 0.388 e. The molecule has 0 aliphatic carbocycles. The van der Waals surface area contributed by atoms with Crippen LogP contribution < -0.4 is 5.73 Å². The number of hydrogen-bond donors (Lipinski definition) is 2. The molecule has 1 aromatic heterocycles. The molecule has 0 saturated heterocycles. The highest BCUT2D eigenvalue weighted by molar-refractivity contribution is 5.76. The van der Waals surface area contributed by atoms with Crippen LogP contribution in [-0.2, 0) is 11.2 Å². The number of nitrogens with zero attached hydrogens (tertiary/aromatic N) is 1. The Morgan fingerprint density at radius 2 is 1.88 bits per heavy atom. The molecule has 0 aliphatic rings. The van der Waals surface area contributed by atoms with Crippen LogP contribution in [0.3, 0.4) is 0 Å². The average Bonchev–Trinajstić information content (AvgIpc) is 2.33. The molecule has 0 radical (unpaired) electrons. The lowest BCUT2D eigenvalue weighted by molar-refractivity contribution is 0.128. The zero-order valence-electron chi connectivity index (χ0n) is 10.2. The lowest BCUT2D eigenvalue weighted by Gasteiger charge is -2.04. The number of amidine groups is 1. The first kappa shape index (κ1) is 13.6. The van der Waals surface area contributed by atoms with Crippen molar-refractivity contribution in [2.75, 3.05) is 13.2 Å². The Labute approximate surface area is 103 Å². The van der Waals surface area contributed by atoms with Crippen molar-refractivity contribution in [2.24, 2.45) is 5.73 Å². The van der Waals surface area contributed by atoms with Gasteiger partial charge in [-0.15, -0.1) is 0 Å². The summed E-state index contributed by atoms with van der Waals surface area (Å²) in [5.41, 5.74) is 6.56. The van der Waals surface area contributed by atoms with Gasteiger partial charge in [-0.25, -0.2) is 0 Å². The first-order valence-electron chi connectivity index (χ1n) is 6.08. The molecular weight excluding hydrogens is 214 g/mol. The van der Waals surface area contributed by atoms with Crippen molar-refractivity contribution in [2.45, 2.75) is 32.1 Å². The standard InChI is InChI=1S/C13H21N3O/c14-13(15)5-1-2-10-17-11-3-4-12-6-8-16-9-7-12/h6-9H,1-5,10-11H2,(H3,14,15). The lowest BCUT2D eigenvalue weighted by atomic mass is 10.1. The SMILES string of the molecule is N=C(N)CCCCOCCCc1ccncc1. The molecule has 0 aromatic carbocycles. The van der Waals surface area contributed by atoms with Crippen LogP contribution in [0.4, 0.5) is 0 Å². The topological polar surface area (TPSA) is 72.0 Å². The minimum absolute atomic E-state index is 0.266. The summed E-state index contributed by atoms with van der Waals surface area (Å²) >= 11 is 0. The minimum atomic E-state index is 0.266. The molecule has 0 aliphatic heterocycles. The van der Waals surface area contributed by atoms with E-state index < -0.39 is 0 Å². The number of unbranched alkanes of at least 4 members (excludes halogenated alkanes) is 1. The number of nitrogens with two attached hydrogens (primary N) is 1. The first-order chi connectivity index (χ1) is 8.29. The van der Waals surface area contributed by atoms with Gasteiger partial charge in [-0.2, -0.15) is 0 Å². The Hall–Kier alpha value is -1.42. The van der Waals surface area contributed by atoms with Crippen molar-refractivity contribution in [1.29, 1.82) is 5.41 Å². The van der Waals surface area contributed by atoms with Gasteiger partial charge in [0, 0.05) is 32.0 Å². The highest BCUT2D eigenvalue weighted by atomic mass is 16.5. The Morgan fingerprint density at radius 3 is 2.59 bits per heavy atom. The summed E-state index contributed by atoms with van der Waals surface area (Å²) in [5, 5.41) is 7.07. The van der Waals surface area contributed by atoms with Gasteiger partial charge in [0.25, 0.3) is 0 Å². The summed E-state index contributed by atoms with van der Waals surface area (Å²) in [5.74, 6) is 0.266. The highest BCUT2D eigenvalue weighted by Crippen LogP contribution is 2.01. The van der Waals surface area contributed by atoms with Gasteiger partial charge in [0.1, 0.15) is 0 Å². The quantitative estimate of drug-likeness (QED) is 0.391. The molecule has 1 heterocycles. The average molecular weight is 235 g/mol. The molecule has 0 saturated carbocycles. The van der Waals surface area contributed by atoms with Crippen molar-refractivity contribution >= 4 is 5.84 Å². The van der Waals surface area contributed by atoms with Crippen molar-refractivity contribution in [1.82, 2.24) is 4.98 Å². The van der Waals surface area contributed by atoms with Gasteiger partial charge in [0.2, 0.25) is 0 Å². The molecule has 0 unspecified atom stereocenters. The molecule has 4 heteroatoms. The summed E-state index contributed by atoms with van der Waals surface area (Å²) < 4.78 is 5.51. The van der Waals surface area contributed by atoms with E-state index in [0.29, 0.717) is 6.42 Å². The maximum absolute atomic E-state index is 7.07. The Bertz CT molecular complexity index is 314. The van der Waals surface area contributed by atoms with E-state index in [1.165, 1.54) is 5.56 Å². The van der Waals surface area contributed by atoms with Gasteiger partial charge in [0.05, 0.1) is 5.84 Å². The molecule has 0 bridgehead atoms. The highest BCUT2D eigenvalue weighted by Gasteiger charge is 1.94. The van der Waals surface area contributed by atoms with Crippen LogP contribution in [-0.4, -0.2) is 24.0 Å². The molecule has 1 rings (SSSR count). The third-order valence-electron chi connectivity index (χ3n) is 2.49. The molecule has 94 valence electrons. The summed E-state index contributed by atoms with van der Waals surface area (Å²) in [6, 6.07) is 4.07. The molecule has 0 spiro atoms. The number of aryl methyl sites for hydroxylation is 1. The van der Waals surface area contributed by atoms with E-state index in [1.54, 1.807) is 0 Å². The molecule has 4 nitrogen and oxygen atoms in total. The van der Waals surface area contributed by atoms with Crippen molar-refractivity contribution in [3.05, 3.63) is 30.1 Å². The summed E-state index contributed by atoms with van der Waals surface area (Å²) in [6.07, 6.45) is 8.32. The van der Waals surface area contributed by atoms with Crippen LogP contribution in [0.25, 0.3) is 0 Å². The normalized spacial score (nSPS) is 10.4. The van der Waals surface area contributed by atoms with Gasteiger partial charge in [0.15, 0.2) is 0 Å². The summed E-state index contributed by atoms with van der Waals surface area (Å²) in [7, 11) is 0. The molecule has 3 N–H and O–H groups in total. The van der Waals surface area contributed by atoms with Crippen LogP contribution in [0.1, 0.15) is 31.2 Å². The van der Waals surface area contributed by atoms with E-state index in [9.17, 15) is 0 Å². The van der Waals surface area contributed by atoms with E-state index in [4.69, 9.17) is 15.9 Å². The third-order valence-corrected chi connectivity index (χ3v) is 2.49. The Kier molecular flexibility index (Phi) is 6.98.